The molecule has 13 nitrogen and oxygen atoms in total. The van der Waals surface area contributed by atoms with E-state index in [1.165, 1.54) is 36.5 Å². The van der Waals surface area contributed by atoms with Crippen LogP contribution in [0.4, 0.5) is 10.5 Å². The number of urea groups is 1. The van der Waals surface area contributed by atoms with Crippen molar-refractivity contribution in [3.8, 4) is 11.9 Å². The molecule has 2 aromatic carbocycles. The number of aromatic nitrogens is 1. The Hall–Kier alpha value is -4.55. The molecule has 3 aromatic rings. The van der Waals surface area contributed by atoms with Crippen LogP contribution >= 0.6 is 0 Å². The molecule has 5 heterocycles. The molecule has 0 radical (unpaired) electrons. The number of piperidine rings is 1. The van der Waals surface area contributed by atoms with E-state index in [1.54, 1.807) is 42.2 Å². The number of amides is 3. The van der Waals surface area contributed by atoms with Crippen LogP contribution in [0.3, 0.4) is 0 Å². The molecule has 1 atom stereocenters. The number of nitrogens with one attached hydrogen (secondary N) is 1. The van der Waals surface area contributed by atoms with E-state index < -0.39 is 27.5 Å². The summed E-state index contributed by atoms with van der Waals surface area (Å²) in [4.78, 5) is 40.2. The monoisotopic (exact) mass is 685 g/mol. The van der Waals surface area contributed by atoms with Crippen LogP contribution in [0.5, 0.6) is 5.88 Å². The van der Waals surface area contributed by atoms with E-state index in [0.717, 1.165) is 43.5 Å². The average Bonchev–Trinajstić information content (AvgIpc) is 3.36. The lowest BCUT2D eigenvalue weighted by Gasteiger charge is -2.46. The lowest BCUT2D eigenvalue weighted by atomic mass is 9.83. The molecule has 4 aliphatic rings. The number of fused-ring (bicyclic) bond motifs is 1. The lowest BCUT2D eigenvalue weighted by Crippen LogP contribution is -2.61. The number of nitrogens with zero attached hydrogens (tertiary/aromatic N) is 6. The molecule has 49 heavy (non-hydrogen) atoms. The highest BCUT2D eigenvalue weighted by molar-refractivity contribution is 7.93. The Morgan fingerprint density at radius 2 is 1.69 bits per heavy atom. The summed E-state index contributed by atoms with van der Waals surface area (Å²) in [5.74, 6) is -0.860. The molecule has 3 amide bonds. The predicted octanol–water partition coefficient (Wildman–Crippen LogP) is 2.52. The fourth-order valence-electron chi connectivity index (χ4n) is 7.35. The second kappa shape index (κ2) is 13.4. The zero-order valence-corrected chi connectivity index (χ0v) is 28.1. The van der Waals surface area contributed by atoms with Gasteiger partial charge in [-0.15, -0.1) is 0 Å². The summed E-state index contributed by atoms with van der Waals surface area (Å²) in [5.41, 5.74) is -1.55. The van der Waals surface area contributed by atoms with E-state index in [4.69, 9.17) is 9.47 Å². The Morgan fingerprint density at radius 1 is 0.980 bits per heavy atom. The molecule has 0 bridgehead atoms. The van der Waals surface area contributed by atoms with Crippen LogP contribution in [-0.4, -0.2) is 111 Å². The zero-order valence-electron chi connectivity index (χ0n) is 27.3. The predicted molar refractivity (Wildman–Crippen MR) is 179 cm³/mol. The van der Waals surface area contributed by atoms with Crippen LogP contribution in [0.1, 0.15) is 36.5 Å². The van der Waals surface area contributed by atoms with Gasteiger partial charge in [0.2, 0.25) is 5.88 Å². The molecule has 0 saturated carbocycles. The van der Waals surface area contributed by atoms with Gasteiger partial charge < -0.3 is 19.7 Å². The highest BCUT2D eigenvalue weighted by Gasteiger charge is 2.59. The SMILES string of the molecule is CCOc1ncccc1[C@]1(NC(=O)N2CCN(C3CCN(C4COC4)CC3)CC2)C(=O)N(S(=O)(=O)c2ccccc2)c2ccc(C#N)cc21. The summed E-state index contributed by atoms with van der Waals surface area (Å²) in [7, 11) is -4.46. The lowest BCUT2D eigenvalue weighted by molar-refractivity contribution is -0.121. The average molecular weight is 686 g/mol. The maximum atomic E-state index is 15.0. The van der Waals surface area contributed by atoms with Crippen LogP contribution in [0, 0.1) is 11.3 Å². The van der Waals surface area contributed by atoms with Crippen molar-refractivity contribution < 1.29 is 27.5 Å². The summed E-state index contributed by atoms with van der Waals surface area (Å²) in [5, 5.41) is 12.9. The van der Waals surface area contributed by atoms with Crippen molar-refractivity contribution >= 4 is 27.6 Å². The first kappa shape index (κ1) is 33.0. The number of hydrogen-bond acceptors (Lipinski definition) is 10. The summed E-state index contributed by atoms with van der Waals surface area (Å²) >= 11 is 0. The highest BCUT2D eigenvalue weighted by atomic mass is 32.2. The Kier molecular flexibility index (Phi) is 9.01. The first-order valence-corrected chi connectivity index (χ1v) is 18.1. The van der Waals surface area contributed by atoms with Crippen molar-refractivity contribution in [3.63, 3.8) is 0 Å². The first-order valence-electron chi connectivity index (χ1n) is 16.7. The van der Waals surface area contributed by atoms with E-state index in [0.29, 0.717) is 38.3 Å². The molecule has 14 heteroatoms. The van der Waals surface area contributed by atoms with Gasteiger partial charge in [-0.1, -0.05) is 18.2 Å². The third-order valence-corrected chi connectivity index (χ3v) is 11.8. The van der Waals surface area contributed by atoms with Crippen molar-refractivity contribution in [2.24, 2.45) is 0 Å². The van der Waals surface area contributed by atoms with Crippen molar-refractivity contribution in [1.29, 1.82) is 5.26 Å². The number of piperazine rings is 1. The molecule has 3 saturated heterocycles. The smallest absolute Gasteiger partial charge is 0.318 e. The zero-order chi connectivity index (χ0) is 34.2. The van der Waals surface area contributed by atoms with E-state index in [-0.39, 0.29) is 39.8 Å². The Labute approximate surface area is 286 Å². The molecule has 7 rings (SSSR count). The second-order valence-electron chi connectivity index (χ2n) is 12.7. The number of carbonyl (C=O) groups is 2. The number of hydrogen-bond donors (Lipinski definition) is 1. The number of carbonyl (C=O) groups excluding carboxylic acids is 2. The van der Waals surface area contributed by atoms with E-state index in [2.05, 4.69) is 26.2 Å². The molecule has 0 aliphatic carbocycles. The fourth-order valence-corrected chi connectivity index (χ4v) is 8.84. The number of anilines is 1. The number of pyridine rings is 1. The normalized spacial score (nSPS) is 22.3. The van der Waals surface area contributed by atoms with Crippen molar-refractivity contribution in [3.05, 3.63) is 83.6 Å². The summed E-state index contributed by atoms with van der Waals surface area (Å²) < 4.78 is 40.4. The fraction of sp³-hybridized carbons (Fsp3) is 0.429. The minimum absolute atomic E-state index is 0.0316. The second-order valence-corrected chi connectivity index (χ2v) is 14.5. The standard InChI is InChI=1S/C35H39N7O6S/c1-2-48-32-29(9-6-14-37-32)35(38-34(44)41-19-17-40(18-20-41)26-12-15-39(16-13-26)27-23-47-24-27)30-21-25(22-36)10-11-31(30)42(33(35)43)49(45,46)28-7-4-3-5-8-28/h3-11,14,21,26-27H,2,12-13,15-20,23-24H2,1H3,(H,38,44)/t35-/m1/s1. The quantitative estimate of drug-likeness (QED) is 0.375. The van der Waals surface area contributed by atoms with Gasteiger partial charge in [-0.2, -0.15) is 9.57 Å². The van der Waals surface area contributed by atoms with E-state index in [1.807, 2.05) is 0 Å². The highest BCUT2D eigenvalue weighted by Crippen LogP contribution is 2.49. The van der Waals surface area contributed by atoms with Crippen LogP contribution in [0.15, 0.2) is 71.8 Å². The minimum Gasteiger partial charge on any atom is -0.478 e. The molecule has 4 aliphatic heterocycles. The summed E-state index contributed by atoms with van der Waals surface area (Å²) in [6.45, 7) is 7.85. The third kappa shape index (κ3) is 5.80. The maximum Gasteiger partial charge on any atom is 0.318 e. The van der Waals surface area contributed by atoms with Crippen molar-refractivity contribution in [2.45, 2.75) is 42.3 Å². The molecule has 3 fully saturated rings. The number of likely N-dealkylation sites (tertiary alicyclic amines) is 1. The molecule has 0 unspecified atom stereocenters. The molecule has 1 aromatic heterocycles. The van der Waals surface area contributed by atoms with Crippen LogP contribution in [0.2, 0.25) is 0 Å². The van der Waals surface area contributed by atoms with Crippen LogP contribution in [0.25, 0.3) is 0 Å². The van der Waals surface area contributed by atoms with Gasteiger partial charge in [-0.05, 0) is 62.2 Å². The van der Waals surface area contributed by atoms with Gasteiger partial charge in [-0.3, -0.25) is 14.6 Å². The van der Waals surface area contributed by atoms with Gasteiger partial charge in [0.1, 0.15) is 0 Å². The number of sulfonamides is 1. The number of ether oxygens (including phenoxy) is 2. The molecule has 1 N–H and O–H groups in total. The summed E-state index contributed by atoms with van der Waals surface area (Å²) in [6.07, 6.45) is 3.62. The molecule has 256 valence electrons. The largest absolute Gasteiger partial charge is 0.478 e. The van der Waals surface area contributed by atoms with Gasteiger partial charge in [-0.25, -0.2) is 18.2 Å². The minimum atomic E-state index is -4.46. The van der Waals surface area contributed by atoms with Crippen LogP contribution < -0.4 is 14.4 Å². The summed E-state index contributed by atoms with van der Waals surface area (Å²) in [6, 6.07) is 17.7. The number of nitriles is 1. The molecular weight excluding hydrogens is 646 g/mol. The van der Waals surface area contributed by atoms with Gasteiger partial charge in [0.25, 0.3) is 15.9 Å². The first-order chi connectivity index (χ1) is 23.8. The maximum absolute atomic E-state index is 15.0. The van der Waals surface area contributed by atoms with Gasteiger partial charge in [0, 0.05) is 57.1 Å². The van der Waals surface area contributed by atoms with Crippen molar-refractivity contribution in [2.75, 3.05) is 63.4 Å². The van der Waals surface area contributed by atoms with Crippen LogP contribution in [-0.2, 0) is 25.1 Å². The topological polar surface area (TPSA) is 148 Å². The number of rotatable bonds is 8. The molecule has 0 spiro atoms. The molecular formula is C35H39N7O6S. The van der Waals surface area contributed by atoms with E-state index in [9.17, 15) is 23.3 Å². The van der Waals surface area contributed by atoms with E-state index >= 15 is 0 Å². The van der Waals surface area contributed by atoms with Gasteiger partial charge in [0.05, 0.1) is 53.6 Å². The Bertz CT molecular complexity index is 1870. The van der Waals surface area contributed by atoms with Gasteiger partial charge >= 0.3 is 6.03 Å². The number of benzene rings is 2. The van der Waals surface area contributed by atoms with Gasteiger partial charge in [0.15, 0.2) is 5.54 Å². The Morgan fingerprint density at radius 3 is 2.35 bits per heavy atom. The van der Waals surface area contributed by atoms with Crippen molar-refractivity contribution in [1.82, 2.24) is 25.0 Å². The third-order valence-electron chi connectivity index (χ3n) is 10.0. The Balaban J connectivity index is 1.22.